The fourth-order valence-corrected chi connectivity index (χ4v) is 5.61. The normalized spacial score (nSPS) is 23.8. The number of rotatable bonds is 25. The molecular weight excluding hydrogens is 551 g/mol. The van der Waals surface area contributed by atoms with Gasteiger partial charge in [0.25, 0.3) is 0 Å². The minimum absolute atomic E-state index is 0.0435. The van der Waals surface area contributed by atoms with Crippen molar-refractivity contribution in [3.05, 3.63) is 0 Å². The average molecular weight is 604 g/mol. The Morgan fingerprint density at radius 1 is 0.806 bits per heavy atom. The van der Waals surface area contributed by atoms with Gasteiger partial charge in [-0.3, -0.25) is 9.05 Å². The van der Waals surface area contributed by atoms with Crippen LogP contribution in [0.15, 0.2) is 0 Å². The molecule has 1 fully saturated rings. The smallest absolute Gasteiger partial charge is 0.385 e. The van der Waals surface area contributed by atoms with Gasteiger partial charge < -0.3 is 24.2 Å². The van der Waals surface area contributed by atoms with E-state index in [0.29, 0.717) is 11.9 Å². The Labute approximate surface area is 227 Å². The van der Waals surface area contributed by atoms with Crippen LogP contribution in [0.25, 0.3) is 0 Å². The van der Waals surface area contributed by atoms with Crippen LogP contribution in [0.3, 0.4) is 0 Å². The van der Waals surface area contributed by atoms with Crippen LogP contribution >= 0.6 is 23.8 Å². The first-order valence-corrected chi connectivity index (χ1v) is 16.7. The van der Waals surface area contributed by atoms with Gasteiger partial charge in [-0.05, 0) is 6.42 Å². The second kappa shape index (κ2) is 22.3. The highest BCUT2D eigenvalue weighted by atomic mass is 79.9. The largest absolute Gasteiger partial charge is 0.472 e. The monoisotopic (exact) mass is 602 g/mol. The number of aliphatic hydroxyl groups is 1. The zero-order valence-electron chi connectivity index (χ0n) is 22.6. The van der Waals surface area contributed by atoms with E-state index >= 15 is 0 Å². The number of hydrogen-bond acceptors (Lipinski definition) is 7. The lowest BCUT2D eigenvalue weighted by molar-refractivity contribution is -0.152. The van der Waals surface area contributed by atoms with Crippen molar-refractivity contribution in [1.29, 1.82) is 0 Å². The van der Waals surface area contributed by atoms with Crippen molar-refractivity contribution in [2.75, 3.05) is 32.3 Å². The topological polar surface area (TPSA) is 104 Å². The summed E-state index contributed by atoms with van der Waals surface area (Å²) in [5, 5.41) is 10.8. The Kier molecular flexibility index (Phi) is 21.3. The molecule has 1 unspecified atom stereocenters. The van der Waals surface area contributed by atoms with Gasteiger partial charge in [0.15, 0.2) is 6.29 Å². The maximum Gasteiger partial charge on any atom is 0.472 e. The third-order valence-electron chi connectivity index (χ3n) is 6.56. The second-order valence-electron chi connectivity index (χ2n) is 9.69. The first kappa shape index (κ1) is 34.5. The molecule has 1 aliphatic rings. The van der Waals surface area contributed by atoms with Crippen LogP contribution in [-0.4, -0.2) is 66.9 Å². The first-order valence-electron chi connectivity index (χ1n) is 14.1. The summed E-state index contributed by atoms with van der Waals surface area (Å²) in [4.78, 5) is 9.71. The molecule has 10 heteroatoms. The van der Waals surface area contributed by atoms with E-state index in [0.717, 1.165) is 12.8 Å². The van der Waals surface area contributed by atoms with Gasteiger partial charge in [0.1, 0.15) is 18.3 Å². The first-order chi connectivity index (χ1) is 17.4. The molecule has 0 amide bonds. The number of hydrogen-bond donors (Lipinski definition) is 2. The molecule has 1 rings (SSSR count). The molecule has 0 aromatic heterocycles. The van der Waals surface area contributed by atoms with Gasteiger partial charge in [-0.1, -0.05) is 119 Å². The maximum absolute atomic E-state index is 11.9. The third kappa shape index (κ3) is 16.4. The van der Waals surface area contributed by atoms with Crippen molar-refractivity contribution in [1.82, 2.24) is 0 Å². The molecule has 0 bridgehead atoms. The molecule has 8 nitrogen and oxygen atoms in total. The van der Waals surface area contributed by atoms with E-state index in [1.807, 2.05) is 0 Å². The van der Waals surface area contributed by atoms with E-state index in [1.54, 1.807) is 0 Å². The summed E-state index contributed by atoms with van der Waals surface area (Å²) in [6, 6.07) is 0. The zero-order valence-corrected chi connectivity index (χ0v) is 25.1. The van der Waals surface area contributed by atoms with Crippen LogP contribution in [0.1, 0.15) is 110 Å². The highest BCUT2D eigenvalue weighted by Crippen LogP contribution is 2.44. The Hall–Kier alpha value is 0.430. The lowest BCUT2D eigenvalue weighted by Gasteiger charge is -2.21. The number of phosphoric ester groups is 1. The van der Waals surface area contributed by atoms with Crippen molar-refractivity contribution in [2.45, 2.75) is 134 Å². The average Bonchev–Trinajstić information content (AvgIpc) is 3.17. The van der Waals surface area contributed by atoms with Crippen molar-refractivity contribution in [3.63, 3.8) is 0 Å². The SMILES string of the molecule is CCCCCCCCCCCCCCCCCCO[C@H]1[C@@H](O)[C@@H](OC)O[C@@H]1COP(=O)(O)OCCBr. The van der Waals surface area contributed by atoms with E-state index < -0.39 is 32.4 Å². The summed E-state index contributed by atoms with van der Waals surface area (Å²) in [5.41, 5.74) is 0. The molecule has 36 heavy (non-hydrogen) atoms. The fraction of sp³-hybridized carbons (Fsp3) is 1.00. The summed E-state index contributed by atoms with van der Waals surface area (Å²) in [6.45, 7) is 2.55. The lowest BCUT2D eigenvalue weighted by Crippen LogP contribution is -2.37. The molecule has 1 heterocycles. The molecule has 1 saturated heterocycles. The molecular formula is C26H52BrO8P. The van der Waals surface area contributed by atoms with E-state index in [9.17, 15) is 14.6 Å². The van der Waals surface area contributed by atoms with Crippen molar-refractivity contribution in [2.24, 2.45) is 0 Å². The number of aliphatic hydroxyl groups excluding tert-OH is 1. The highest BCUT2D eigenvalue weighted by Gasteiger charge is 2.45. The van der Waals surface area contributed by atoms with Crippen LogP contribution in [0.2, 0.25) is 0 Å². The summed E-state index contributed by atoms with van der Waals surface area (Å²) < 4.78 is 38.3. The number of phosphoric acid groups is 1. The molecule has 0 aromatic rings. The number of halogens is 1. The third-order valence-corrected chi connectivity index (χ3v) is 7.87. The van der Waals surface area contributed by atoms with Crippen LogP contribution in [0, 0.1) is 0 Å². The molecule has 2 N–H and O–H groups in total. The Morgan fingerprint density at radius 3 is 1.78 bits per heavy atom. The van der Waals surface area contributed by atoms with E-state index in [1.165, 1.54) is 97.0 Å². The number of ether oxygens (including phenoxy) is 3. The van der Waals surface area contributed by atoms with Gasteiger partial charge in [-0.25, -0.2) is 4.57 Å². The van der Waals surface area contributed by atoms with E-state index in [-0.39, 0.29) is 13.2 Å². The van der Waals surface area contributed by atoms with Gasteiger partial charge in [0.2, 0.25) is 0 Å². The molecule has 0 radical (unpaired) electrons. The van der Waals surface area contributed by atoms with E-state index in [2.05, 4.69) is 22.9 Å². The predicted octanol–water partition coefficient (Wildman–Crippen LogP) is 6.89. The van der Waals surface area contributed by atoms with Gasteiger partial charge in [-0.15, -0.1) is 0 Å². The number of alkyl halides is 1. The van der Waals surface area contributed by atoms with E-state index in [4.69, 9.17) is 23.3 Å². The van der Waals surface area contributed by atoms with Crippen LogP contribution < -0.4 is 0 Å². The minimum Gasteiger partial charge on any atom is -0.385 e. The molecule has 0 aliphatic carbocycles. The molecule has 0 spiro atoms. The van der Waals surface area contributed by atoms with Gasteiger partial charge >= 0.3 is 7.82 Å². The summed E-state index contributed by atoms with van der Waals surface area (Å²) in [5.74, 6) is 0. The van der Waals surface area contributed by atoms with Crippen molar-refractivity contribution in [3.8, 4) is 0 Å². The van der Waals surface area contributed by atoms with Crippen LogP contribution in [0.4, 0.5) is 0 Å². The van der Waals surface area contributed by atoms with Gasteiger partial charge in [0, 0.05) is 19.0 Å². The summed E-state index contributed by atoms with van der Waals surface area (Å²) in [7, 11) is -2.76. The zero-order chi connectivity index (χ0) is 26.5. The molecule has 1 aliphatic heterocycles. The number of methoxy groups -OCH3 is 1. The predicted molar refractivity (Wildman–Crippen MR) is 146 cm³/mol. The van der Waals surface area contributed by atoms with Crippen LogP contribution in [-0.2, 0) is 27.8 Å². The quantitative estimate of drug-likeness (QED) is 0.0661. The van der Waals surface area contributed by atoms with Gasteiger partial charge in [0.05, 0.1) is 13.2 Å². The fourth-order valence-electron chi connectivity index (χ4n) is 4.46. The molecule has 216 valence electrons. The summed E-state index contributed by atoms with van der Waals surface area (Å²) in [6.07, 6.45) is 17.6. The van der Waals surface area contributed by atoms with Gasteiger partial charge in [-0.2, -0.15) is 0 Å². The summed E-state index contributed by atoms with van der Waals surface area (Å²) >= 11 is 3.13. The molecule has 0 aromatic carbocycles. The standard InChI is InChI=1S/C26H52BrO8P/c1-3-4-5-6-7-8-9-10-11-12-13-14-15-16-17-18-20-32-25-23(35-26(31-2)24(25)28)22-34-36(29,30)33-21-19-27/h23-26,28H,3-22H2,1-2H3,(H,29,30)/t23-,24-,25-,26+/m1/s1. The molecule has 5 atom stereocenters. The van der Waals surface area contributed by atoms with Crippen LogP contribution in [0.5, 0.6) is 0 Å². The van der Waals surface area contributed by atoms with Crippen molar-refractivity contribution < 1.29 is 37.8 Å². The maximum atomic E-state index is 11.9. The highest BCUT2D eigenvalue weighted by molar-refractivity contribution is 9.09. The minimum atomic E-state index is -4.19. The molecule has 0 saturated carbocycles. The Morgan fingerprint density at radius 2 is 1.31 bits per heavy atom. The lowest BCUT2D eigenvalue weighted by atomic mass is 10.0. The number of unbranched alkanes of at least 4 members (excludes halogenated alkanes) is 15. The second-order valence-corrected chi connectivity index (χ2v) is 11.9. The Balaban J connectivity index is 2.06. The van der Waals surface area contributed by atoms with Crippen molar-refractivity contribution >= 4 is 23.8 Å². The Bertz CT molecular complexity index is 556.